The number of carbonyl (C=O) groups is 1. The highest BCUT2D eigenvalue weighted by Crippen LogP contribution is 2.14. The molecule has 0 radical (unpaired) electrons. The topological polar surface area (TPSA) is 81.3 Å². The molecule has 2 heterocycles. The van der Waals surface area contributed by atoms with Gasteiger partial charge in [-0.25, -0.2) is 0 Å². The molecule has 0 saturated heterocycles. The van der Waals surface area contributed by atoms with E-state index < -0.39 is 0 Å². The van der Waals surface area contributed by atoms with Gasteiger partial charge < -0.3 is 5.32 Å². The second kappa shape index (κ2) is 7.64. The first-order chi connectivity index (χ1) is 13.6. The van der Waals surface area contributed by atoms with Gasteiger partial charge in [0.15, 0.2) is 0 Å². The van der Waals surface area contributed by atoms with Crippen molar-refractivity contribution in [2.75, 3.05) is 6.54 Å². The summed E-state index contributed by atoms with van der Waals surface area (Å²) in [7, 11) is 1.68. The van der Waals surface area contributed by atoms with E-state index in [0.717, 1.165) is 11.9 Å². The molecule has 2 aromatic heterocycles. The number of fused-ring (bicyclic) bond motifs is 3. The van der Waals surface area contributed by atoms with Crippen molar-refractivity contribution in [1.82, 2.24) is 24.5 Å². The zero-order valence-electron chi connectivity index (χ0n) is 15.6. The van der Waals surface area contributed by atoms with Gasteiger partial charge in [-0.1, -0.05) is 42.5 Å². The number of hydrogen-bond donors (Lipinski definition) is 1. The molecule has 0 saturated carbocycles. The molecule has 0 fully saturated rings. The van der Waals surface area contributed by atoms with E-state index in [1.165, 1.54) is 10.1 Å². The first-order valence-corrected chi connectivity index (χ1v) is 9.27. The fraction of sp³-hybridized carbons (Fsp3) is 0.238. The van der Waals surface area contributed by atoms with E-state index >= 15 is 0 Å². The lowest BCUT2D eigenvalue weighted by molar-refractivity contribution is -0.121. The molecule has 7 heteroatoms. The molecule has 0 spiro atoms. The number of amides is 1. The fourth-order valence-corrected chi connectivity index (χ4v) is 3.36. The van der Waals surface area contributed by atoms with Gasteiger partial charge in [-0.3, -0.25) is 18.6 Å². The summed E-state index contributed by atoms with van der Waals surface area (Å²) in [6.07, 6.45) is 1.56. The minimum Gasteiger partial charge on any atom is -0.356 e. The molecule has 2 aromatic carbocycles. The number of benzene rings is 2. The molecule has 28 heavy (non-hydrogen) atoms. The molecule has 7 nitrogen and oxygen atoms in total. The average molecular weight is 375 g/mol. The van der Waals surface area contributed by atoms with Crippen molar-refractivity contribution in [3.63, 3.8) is 0 Å². The van der Waals surface area contributed by atoms with E-state index in [2.05, 4.69) is 15.5 Å². The van der Waals surface area contributed by atoms with Crippen LogP contribution in [0.5, 0.6) is 0 Å². The average Bonchev–Trinajstić information content (AvgIpc) is 3.15. The predicted octanol–water partition coefficient (Wildman–Crippen LogP) is 1.87. The smallest absolute Gasteiger partial charge is 0.262 e. The Morgan fingerprint density at radius 3 is 2.57 bits per heavy atom. The molecule has 0 aliphatic rings. The Bertz CT molecular complexity index is 1190. The summed E-state index contributed by atoms with van der Waals surface area (Å²) < 4.78 is 3.34. The third kappa shape index (κ3) is 3.38. The van der Waals surface area contributed by atoms with Gasteiger partial charge in [-0.05, 0) is 24.1 Å². The van der Waals surface area contributed by atoms with Crippen molar-refractivity contribution < 1.29 is 4.79 Å². The summed E-state index contributed by atoms with van der Waals surface area (Å²) in [6.45, 7) is 0.598. The van der Waals surface area contributed by atoms with E-state index in [0.29, 0.717) is 36.4 Å². The van der Waals surface area contributed by atoms with Crippen LogP contribution in [0.3, 0.4) is 0 Å². The Morgan fingerprint density at radius 1 is 1.00 bits per heavy atom. The van der Waals surface area contributed by atoms with Crippen LogP contribution in [-0.2, 0) is 24.7 Å². The molecular formula is C21H21N5O2. The van der Waals surface area contributed by atoms with Crippen LogP contribution in [0.1, 0.15) is 17.8 Å². The van der Waals surface area contributed by atoms with Gasteiger partial charge >= 0.3 is 0 Å². The molecule has 4 aromatic rings. The Hall–Kier alpha value is -3.48. The number of nitrogens with zero attached hydrogens (tertiary/aromatic N) is 4. The maximum atomic E-state index is 12.5. The van der Waals surface area contributed by atoms with Gasteiger partial charge in [0.25, 0.3) is 5.56 Å². The van der Waals surface area contributed by atoms with Crippen molar-refractivity contribution >= 4 is 22.6 Å². The van der Waals surface area contributed by atoms with Crippen LogP contribution in [0.2, 0.25) is 0 Å². The van der Waals surface area contributed by atoms with Crippen molar-refractivity contribution in [2.24, 2.45) is 7.05 Å². The van der Waals surface area contributed by atoms with Crippen LogP contribution in [0.15, 0.2) is 59.4 Å². The first kappa shape index (κ1) is 17.9. The molecule has 0 aliphatic carbocycles. The Morgan fingerprint density at radius 2 is 1.75 bits per heavy atom. The van der Waals surface area contributed by atoms with Gasteiger partial charge in [0.1, 0.15) is 5.82 Å². The SMILES string of the molecule is Cn1c(=O)c2ccccc2n2c(CCC(=O)NCCc3ccccc3)nnc12. The molecule has 1 N–H and O–H groups in total. The summed E-state index contributed by atoms with van der Waals surface area (Å²) in [5.41, 5.74) is 1.84. The second-order valence-electron chi connectivity index (χ2n) is 6.72. The lowest BCUT2D eigenvalue weighted by Gasteiger charge is -2.08. The number of para-hydroxylation sites is 1. The Balaban J connectivity index is 1.48. The third-order valence-corrected chi connectivity index (χ3v) is 4.85. The molecule has 142 valence electrons. The van der Waals surface area contributed by atoms with Crippen molar-refractivity contribution in [2.45, 2.75) is 19.3 Å². The summed E-state index contributed by atoms with van der Waals surface area (Å²) in [5.74, 6) is 1.12. The molecule has 0 atom stereocenters. The zero-order valence-corrected chi connectivity index (χ0v) is 15.6. The number of rotatable bonds is 6. The van der Waals surface area contributed by atoms with Crippen LogP contribution < -0.4 is 10.9 Å². The standard InChI is InChI=1S/C21H21N5O2/c1-25-20(28)16-9-5-6-10-17(16)26-18(23-24-21(25)26)11-12-19(27)22-14-13-15-7-3-2-4-8-15/h2-10H,11-14H2,1H3,(H,22,27). The highest BCUT2D eigenvalue weighted by molar-refractivity contribution is 5.80. The highest BCUT2D eigenvalue weighted by Gasteiger charge is 2.15. The Labute approximate surface area is 161 Å². The third-order valence-electron chi connectivity index (χ3n) is 4.85. The van der Waals surface area contributed by atoms with Crippen LogP contribution in [0, 0.1) is 0 Å². The zero-order chi connectivity index (χ0) is 19.5. The maximum absolute atomic E-state index is 12.5. The largest absolute Gasteiger partial charge is 0.356 e. The summed E-state index contributed by atoms with van der Waals surface area (Å²) >= 11 is 0. The second-order valence-corrected chi connectivity index (χ2v) is 6.72. The van der Waals surface area contributed by atoms with Crippen LogP contribution >= 0.6 is 0 Å². The van der Waals surface area contributed by atoms with Crippen molar-refractivity contribution in [3.8, 4) is 0 Å². The van der Waals surface area contributed by atoms with Gasteiger partial charge in [-0.2, -0.15) is 0 Å². The van der Waals surface area contributed by atoms with Crippen molar-refractivity contribution in [3.05, 3.63) is 76.3 Å². The molecule has 0 bridgehead atoms. The number of aryl methyl sites for hydroxylation is 2. The molecular weight excluding hydrogens is 354 g/mol. The summed E-state index contributed by atoms with van der Waals surface area (Å²) in [4.78, 5) is 24.7. The van der Waals surface area contributed by atoms with Gasteiger partial charge in [-0.15, -0.1) is 10.2 Å². The molecule has 0 unspecified atom stereocenters. The quantitative estimate of drug-likeness (QED) is 0.558. The van der Waals surface area contributed by atoms with Gasteiger partial charge in [0.2, 0.25) is 11.7 Å². The van der Waals surface area contributed by atoms with E-state index in [4.69, 9.17) is 0 Å². The van der Waals surface area contributed by atoms with E-state index in [-0.39, 0.29) is 11.5 Å². The van der Waals surface area contributed by atoms with Crippen LogP contribution in [0.25, 0.3) is 16.7 Å². The van der Waals surface area contributed by atoms with E-state index in [1.807, 2.05) is 52.9 Å². The van der Waals surface area contributed by atoms with Gasteiger partial charge in [0.05, 0.1) is 10.9 Å². The fourth-order valence-electron chi connectivity index (χ4n) is 3.36. The normalized spacial score (nSPS) is 11.2. The lowest BCUT2D eigenvalue weighted by atomic mass is 10.1. The molecule has 4 rings (SSSR count). The summed E-state index contributed by atoms with van der Waals surface area (Å²) in [6, 6.07) is 17.4. The monoisotopic (exact) mass is 375 g/mol. The highest BCUT2D eigenvalue weighted by atomic mass is 16.1. The maximum Gasteiger partial charge on any atom is 0.262 e. The van der Waals surface area contributed by atoms with Crippen LogP contribution in [0.4, 0.5) is 0 Å². The molecule has 0 aliphatic heterocycles. The molecule has 1 amide bonds. The number of aromatic nitrogens is 4. The minimum atomic E-state index is -0.110. The Kier molecular flexibility index (Phi) is 4.89. The van der Waals surface area contributed by atoms with Gasteiger partial charge in [0, 0.05) is 26.4 Å². The number of hydrogen-bond acceptors (Lipinski definition) is 4. The predicted molar refractivity (Wildman–Crippen MR) is 107 cm³/mol. The number of carbonyl (C=O) groups excluding carboxylic acids is 1. The van der Waals surface area contributed by atoms with Crippen molar-refractivity contribution in [1.29, 1.82) is 0 Å². The number of nitrogens with one attached hydrogen (secondary N) is 1. The minimum absolute atomic E-state index is 0.0261. The first-order valence-electron chi connectivity index (χ1n) is 9.27. The van der Waals surface area contributed by atoms with E-state index in [1.54, 1.807) is 13.1 Å². The van der Waals surface area contributed by atoms with Crippen LogP contribution in [-0.4, -0.2) is 31.6 Å². The lowest BCUT2D eigenvalue weighted by Crippen LogP contribution is -2.26. The summed E-state index contributed by atoms with van der Waals surface area (Å²) in [5, 5.41) is 11.9. The van der Waals surface area contributed by atoms with E-state index in [9.17, 15) is 9.59 Å².